The minimum atomic E-state index is -0.717. The quantitative estimate of drug-likeness (QED) is 0.553. The molecule has 0 radical (unpaired) electrons. The van der Waals surface area contributed by atoms with Gasteiger partial charge in [0, 0.05) is 62.1 Å². The highest BCUT2D eigenvalue weighted by molar-refractivity contribution is 5.82. The first-order valence-corrected chi connectivity index (χ1v) is 10.4. The summed E-state index contributed by atoms with van der Waals surface area (Å²) in [5.41, 5.74) is 9.81. The third-order valence-electron chi connectivity index (χ3n) is 5.45. The van der Waals surface area contributed by atoms with Gasteiger partial charge in [-0.3, -0.25) is 9.99 Å². The number of hydrazone groups is 1. The number of aliphatic hydroxyl groups is 1. The van der Waals surface area contributed by atoms with Crippen LogP contribution in [-0.4, -0.2) is 73.3 Å². The standard InChI is InChI=1S/C23H28N6O3/c1-28-13-15(11-26-28)23-12-25-21-5-4-16(8-22(21)27-23)29(14-18(30)10-24)17-6-19(31-2)9-20(7-17)32-3/h4-9,11-12,15,18,30H,10,13-14,24H2,1-3H3. The van der Waals surface area contributed by atoms with Crippen LogP contribution in [0.2, 0.25) is 0 Å². The number of aromatic nitrogens is 2. The Morgan fingerprint density at radius 1 is 1.12 bits per heavy atom. The summed E-state index contributed by atoms with van der Waals surface area (Å²) in [5, 5.41) is 16.5. The van der Waals surface area contributed by atoms with E-state index in [-0.39, 0.29) is 12.5 Å². The zero-order chi connectivity index (χ0) is 22.7. The van der Waals surface area contributed by atoms with Gasteiger partial charge in [-0.15, -0.1) is 0 Å². The second-order valence-corrected chi connectivity index (χ2v) is 7.75. The number of likely N-dealkylation sites (N-methyl/N-ethyl adjacent to an activating group) is 1. The highest BCUT2D eigenvalue weighted by atomic mass is 16.5. The lowest BCUT2D eigenvalue weighted by Crippen LogP contribution is -2.33. The Morgan fingerprint density at radius 3 is 2.50 bits per heavy atom. The van der Waals surface area contributed by atoms with E-state index in [1.165, 1.54) is 0 Å². The molecular weight excluding hydrogens is 408 g/mol. The molecule has 0 fully saturated rings. The molecule has 0 saturated heterocycles. The van der Waals surface area contributed by atoms with E-state index in [0.29, 0.717) is 18.0 Å². The van der Waals surface area contributed by atoms with Crippen molar-refractivity contribution in [1.82, 2.24) is 15.0 Å². The fourth-order valence-corrected chi connectivity index (χ4v) is 3.70. The topological polar surface area (TPSA) is 109 Å². The Morgan fingerprint density at radius 2 is 1.88 bits per heavy atom. The number of benzene rings is 2. The summed E-state index contributed by atoms with van der Waals surface area (Å²) in [7, 11) is 5.15. The lowest BCUT2D eigenvalue weighted by atomic mass is 10.1. The Kier molecular flexibility index (Phi) is 6.38. The number of aliphatic hydroxyl groups excluding tert-OH is 1. The fraction of sp³-hybridized carbons (Fsp3) is 0.348. The summed E-state index contributed by atoms with van der Waals surface area (Å²) < 4.78 is 10.9. The van der Waals surface area contributed by atoms with E-state index >= 15 is 0 Å². The van der Waals surface area contributed by atoms with Gasteiger partial charge in [0.1, 0.15) is 11.5 Å². The molecule has 0 aliphatic carbocycles. The lowest BCUT2D eigenvalue weighted by Gasteiger charge is -2.28. The monoisotopic (exact) mass is 436 g/mol. The van der Waals surface area contributed by atoms with Crippen LogP contribution in [0, 0.1) is 0 Å². The largest absolute Gasteiger partial charge is 0.497 e. The molecule has 1 aromatic heterocycles. The maximum Gasteiger partial charge on any atom is 0.124 e. The van der Waals surface area contributed by atoms with E-state index in [2.05, 4.69) is 10.1 Å². The van der Waals surface area contributed by atoms with Crippen molar-refractivity contribution in [3.05, 3.63) is 48.3 Å². The maximum atomic E-state index is 10.4. The molecule has 2 heterocycles. The number of rotatable bonds is 8. The number of fused-ring (bicyclic) bond motifs is 1. The first kappa shape index (κ1) is 21.8. The Labute approximate surface area is 187 Å². The van der Waals surface area contributed by atoms with Crippen molar-refractivity contribution in [3.63, 3.8) is 0 Å². The predicted octanol–water partition coefficient (Wildman–Crippen LogP) is 2.12. The molecule has 168 valence electrons. The van der Waals surface area contributed by atoms with E-state index in [1.54, 1.807) is 26.5 Å². The molecule has 2 atom stereocenters. The molecule has 0 spiro atoms. The van der Waals surface area contributed by atoms with Gasteiger partial charge in [0.2, 0.25) is 0 Å². The zero-order valence-electron chi connectivity index (χ0n) is 18.5. The van der Waals surface area contributed by atoms with Crippen molar-refractivity contribution < 1.29 is 14.6 Å². The number of methoxy groups -OCH3 is 2. The maximum absolute atomic E-state index is 10.4. The van der Waals surface area contributed by atoms with Crippen LogP contribution < -0.4 is 20.1 Å². The van der Waals surface area contributed by atoms with Crippen molar-refractivity contribution in [2.45, 2.75) is 12.0 Å². The van der Waals surface area contributed by atoms with E-state index in [0.717, 1.165) is 34.6 Å². The number of hydrogen-bond acceptors (Lipinski definition) is 9. The van der Waals surface area contributed by atoms with Crippen molar-refractivity contribution in [2.75, 3.05) is 45.8 Å². The van der Waals surface area contributed by atoms with Crippen molar-refractivity contribution in [2.24, 2.45) is 10.8 Å². The van der Waals surface area contributed by atoms with Gasteiger partial charge in [-0.1, -0.05) is 0 Å². The lowest BCUT2D eigenvalue weighted by molar-refractivity contribution is 0.191. The summed E-state index contributed by atoms with van der Waals surface area (Å²) in [6.45, 7) is 1.22. The molecule has 9 heteroatoms. The normalized spacial score (nSPS) is 16.4. The number of nitrogens with zero attached hydrogens (tertiary/aromatic N) is 5. The van der Waals surface area contributed by atoms with Crippen LogP contribution in [0.3, 0.4) is 0 Å². The summed E-state index contributed by atoms with van der Waals surface area (Å²) in [6, 6.07) is 11.4. The fourth-order valence-electron chi connectivity index (χ4n) is 3.70. The van der Waals surface area contributed by atoms with Crippen LogP contribution in [-0.2, 0) is 0 Å². The van der Waals surface area contributed by atoms with E-state index in [4.69, 9.17) is 20.2 Å². The molecule has 0 amide bonds. The van der Waals surface area contributed by atoms with Crippen LogP contribution in [0.15, 0.2) is 47.7 Å². The second kappa shape index (κ2) is 9.37. The summed E-state index contributed by atoms with van der Waals surface area (Å²) in [6.07, 6.45) is 2.98. The van der Waals surface area contributed by atoms with Gasteiger partial charge in [-0.05, 0) is 18.2 Å². The zero-order valence-corrected chi connectivity index (χ0v) is 18.5. The van der Waals surface area contributed by atoms with Gasteiger partial charge in [-0.25, -0.2) is 4.98 Å². The number of hydrogen-bond donors (Lipinski definition) is 2. The third kappa shape index (κ3) is 4.58. The average Bonchev–Trinajstić information content (AvgIpc) is 3.27. The van der Waals surface area contributed by atoms with Gasteiger partial charge in [0.15, 0.2) is 0 Å². The van der Waals surface area contributed by atoms with Crippen molar-refractivity contribution in [3.8, 4) is 11.5 Å². The van der Waals surface area contributed by atoms with Gasteiger partial charge in [0.25, 0.3) is 0 Å². The first-order valence-electron chi connectivity index (χ1n) is 10.4. The number of ether oxygens (including phenoxy) is 2. The molecule has 1 aliphatic heterocycles. The third-order valence-corrected chi connectivity index (χ3v) is 5.45. The molecule has 2 aromatic carbocycles. The predicted molar refractivity (Wildman–Crippen MR) is 125 cm³/mol. The summed E-state index contributed by atoms with van der Waals surface area (Å²) in [4.78, 5) is 11.4. The Bertz CT molecular complexity index is 1100. The SMILES string of the molecule is COc1cc(OC)cc(N(CC(O)CN)c2ccc3ncc(C4C=NN(C)C4)nc3c2)c1. The Hall–Kier alpha value is -3.43. The van der Waals surface area contributed by atoms with Gasteiger partial charge in [0.05, 0.1) is 49.5 Å². The minimum Gasteiger partial charge on any atom is -0.497 e. The minimum absolute atomic E-state index is 0.110. The molecule has 3 aromatic rings. The van der Waals surface area contributed by atoms with Gasteiger partial charge in [-0.2, -0.15) is 5.10 Å². The van der Waals surface area contributed by atoms with E-state index in [9.17, 15) is 5.11 Å². The molecule has 1 aliphatic rings. The van der Waals surface area contributed by atoms with Crippen LogP contribution >= 0.6 is 0 Å². The van der Waals surface area contributed by atoms with Gasteiger partial charge >= 0.3 is 0 Å². The molecule has 32 heavy (non-hydrogen) atoms. The molecule has 4 rings (SSSR count). The van der Waals surface area contributed by atoms with Crippen LogP contribution in [0.1, 0.15) is 11.6 Å². The van der Waals surface area contributed by atoms with E-state index < -0.39 is 6.10 Å². The van der Waals surface area contributed by atoms with Crippen LogP contribution in [0.25, 0.3) is 11.0 Å². The summed E-state index contributed by atoms with van der Waals surface area (Å²) in [5.74, 6) is 1.41. The van der Waals surface area contributed by atoms with Crippen LogP contribution in [0.5, 0.6) is 11.5 Å². The number of anilines is 2. The molecular formula is C23H28N6O3. The van der Waals surface area contributed by atoms with Gasteiger partial charge < -0.3 is 25.2 Å². The average molecular weight is 437 g/mol. The molecule has 9 nitrogen and oxygen atoms in total. The molecule has 3 N–H and O–H groups in total. The molecule has 0 bridgehead atoms. The van der Waals surface area contributed by atoms with Crippen LogP contribution in [0.4, 0.5) is 11.4 Å². The highest BCUT2D eigenvalue weighted by Gasteiger charge is 2.20. The Balaban J connectivity index is 1.76. The van der Waals surface area contributed by atoms with Crippen molar-refractivity contribution in [1.29, 1.82) is 0 Å². The second-order valence-electron chi connectivity index (χ2n) is 7.75. The summed E-state index contributed by atoms with van der Waals surface area (Å²) >= 11 is 0. The van der Waals surface area contributed by atoms with Crippen molar-refractivity contribution >= 4 is 28.6 Å². The number of nitrogens with two attached hydrogens (primary N) is 1. The smallest absolute Gasteiger partial charge is 0.124 e. The molecule has 2 unspecified atom stereocenters. The highest BCUT2D eigenvalue weighted by Crippen LogP contribution is 2.34. The first-order chi connectivity index (χ1) is 15.5. The molecule has 0 saturated carbocycles. The van der Waals surface area contributed by atoms with E-state index in [1.807, 2.05) is 53.5 Å².